The van der Waals surface area contributed by atoms with Gasteiger partial charge in [0.2, 0.25) is 0 Å². The quantitative estimate of drug-likeness (QED) is 0.738. The summed E-state index contributed by atoms with van der Waals surface area (Å²) in [5, 5.41) is 9.03. The van der Waals surface area contributed by atoms with Crippen molar-refractivity contribution in [2.75, 3.05) is 0 Å². The third-order valence-corrected chi connectivity index (χ3v) is 1.73. The van der Waals surface area contributed by atoms with Crippen LogP contribution in [0.25, 0.3) is 0 Å². The minimum Gasteiger partial charge on any atom is -0.481 e. The lowest BCUT2D eigenvalue weighted by Gasteiger charge is -2.21. The van der Waals surface area contributed by atoms with Crippen molar-refractivity contribution in [2.45, 2.75) is 53.1 Å². The molecule has 0 rings (SSSR count). The highest BCUT2D eigenvalue weighted by Crippen LogP contribution is 2.18. The van der Waals surface area contributed by atoms with Crippen molar-refractivity contribution in [1.29, 1.82) is 0 Å². The number of hydrogen-bond donors (Lipinski definition) is 1. The van der Waals surface area contributed by atoms with E-state index < -0.39 is 29.9 Å². The number of esters is 1. The van der Waals surface area contributed by atoms with E-state index in [4.69, 9.17) is 11.2 Å². The lowest BCUT2D eigenvalue weighted by molar-refractivity contribution is -0.160. The molecular weight excluding hydrogens is 208 g/mol. The Hall–Kier alpha value is -1.06. The summed E-state index contributed by atoms with van der Waals surface area (Å²) in [6.07, 6.45) is -0.292. The van der Waals surface area contributed by atoms with E-state index in [1.165, 1.54) is 0 Å². The number of carbonyl (C=O) groups is 2. The minimum absolute atomic E-state index is 0.0334. The molecular formula is C12H22O4. The largest absolute Gasteiger partial charge is 0.481 e. The van der Waals surface area contributed by atoms with Gasteiger partial charge in [-0.1, -0.05) is 13.8 Å². The smallest absolute Gasteiger partial charge is 0.307 e. The second-order valence-corrected chi connectivity index (χ2v) is 5.27. The summed E-state index contributed by atoms with van der Waals surface area (Å²) in [7, 11) is 0. The Morgan fingerprint density at radius 1 is 1.38 bits per heavy atom. The molecule has 4 heteroatoms. The van der Waals surface area contributed by atoms with Crippen LogP contribution in [0.5, 0.6) is 0 Å². The predicted octanol–water partition coefficient (Wildman–Crippen LogP) is 2.47. The molecule has 0 spiro atoms. The summed E-state index contributed by atoms with van der Waals surface area (Å²) in [5.41, 5.74) is -0.658. The van der Waals surface area contributed by atoms with Crippen LogP contribution < -0.4 is 0 Å². The first-order valence-electron chi connectivity index (χ1n) is 5.91. The summed E-state index contributed by atoms with van der Waals surface area (Å²) in [5.74, 6) is -3.69. The molecule has 94 valence electrons. The SMILES string of the molecule is [2H][C@](CC(=O)OC(C)(C)C)(CC(C)C)C(=O)O. The third-order valence-electron chi connectivity index (χ3n) is 1.73. The predicted molar refractivity (Wildman–Crippen MR) is 61.0 cm³/mol. The van der Waals surface area contributed by atoms with Gasteiger partial charge in [0.05, 0.1) is 12.3 Å². The summed E-state index contributed by atoms with van der Waals surface area (Å²) in [6, 6.07) is 0. The van der Waals surface area contributed by atoms with Crippen LogP contribution in [0.15, 0.2) is 0 Å². The molecule has 0 aromatic heterocycles. The standard InChI is InChI=1S/C12H22O4/c1-8(2)6-9(11(14)15)7-10(13)16-12(3,4)5/h8-9H,6-7H2,1-5H3,(H,14,15)/t9-/m1/s1/i9D. The van der Waals surface area contributed by atoms with Crippen LogP contribution in [0.2, 0.25) is 0 Å². The number of carboxylic acids is 1. The Morgan fingerprint density at radius 3 is 2.19 bits per heavy atom. The first-order valence-corrected chi connectivity index (χ1v) is 5.41. The second kappa shape index (κ2) is 5.87. The fourth-order valence-corrected chi connectivity index (χ4v) is 1.28. The van der Waals surface area contributed by atoms with E-state index in [1.54, 1.807) is 20.8 Å². The van der Waals surface area contributed by atoms with E-state index in [0.29, 0.717) is 0 Å². The first kappa shape index (κ1) is 13.0. The van der Waals surface area contributed by atoms with Crippen LogP contribution in [0, 0.1) is 11.8 Å². The van der Waals surface area contributed by atoms with Gasteiger partial charge in [-0.15, -0.1) is 0 Å². The highest BCUT2D eigenvalue weighted by atomic mass is 16.6. The molecule has 0 aliphatic heterocycles. The van der Waals surface area contributed by atoms with E-state index in [2.05, 4.69) is 0 Å². The van der Waals surface area contributed by atoms with Gasteiger partial charge in [-0.25, -0.2) is 0 Å². The molecule has 0 fully saturated rings. The Labute approximate surface area is 98.4 Å². The Bertz CT molecular complexity index is 293. The van der Waals surface area contributed by atoms with Crippen molar-refractivity contribution in [3.63, 3.8) is 0 Å². The number of hydrogen-bond acceptors (Lipinski definition) is 3. The van der Waals surface area contributed by atoms with Gasteiger partial charge in [0.1, 0.15) is 5.60 Å². The van der Waals surface area contributed by atoms with Gasteiger partial charge in [-0.2, -0.15) is 0 Å². The van der Waals surface area contributed by atoms with E-state index in [-0.39, 0.29) is 12.3 Å². The van der Waals surface area contributed by atoms with Crippen LogP contribution in [0.4, 0.5) is 0 Å². The molecule has 0 aliphatic rings. The number of rotatable bonds is 5. The number of ether oxygens (including phenoxy) is 1. The molecule has 4 nitrogen and oxygen atoms in total. The van der Waals surface area contributed by atoms with Crippen LogP contribution in [0.1, 0.15) is 48.8 Å². The molecule has 0 heterocycles. The first-order chi connectivity index (χ1) is 7.46. The third kappa shape index (κ3) is 7.26. The topological polar surface area (TPSA) is 63.6 Å². The van der Waals surface area contributed by atoms with Crippen LogP contribution in [-0.2, 0) is 14.3 Å². The molecule has 0 saturated carbocycles. The van der Waals surface area contributed by atoms with E-state index in [9.17, 15) is 9.59 Å². The summed E-state index contributed by atoms with van der Waals surface area (Å²) >= 11 is 0. The van der Waals surface area contributed by atoms with E-state index >= 15 is 0 Å². The van der Waals surface area contributed by atoms with Crippen LogP contribution >= 0.6 is 0 Å². The van der Waals surface area contributed by atoms with Crippen molar-refractivity contribution in [2.24, 2.45) is 11.8 Å². The lowest BCUT2D eigenvalue weighted by atomic mass is 9.94. The summed E-state index contributed by atoms with van der Waals surface area (Å²) < 4.78 is 12.9. The molecule has 16 heavy (non-hydrogen) atoms. The molecule has 0 aromatic carbocycles. The van der Waals surface area contributed by atoms with Crippen molar-refractivity contribution in [1.82, 2.24) is 0 Å². The molecule has 0 unspecified atom stereocenters. The van der Waals surface area contributed by atoms with Gasteiger partial charge in [0.15, 0.2) is 0 Å². The zero-order valence-corrected chi connectivity index (χ0v) is 10.7. The Balaban J connectivity index is 4.67. The molecule has 0 bridgehead atoms. The van der Waals surface area contributed by atoms with Crippen molar-refractivity contribution in [3.8, 4) is 0 Å². The Kier molecular flexibility index (Phi) is 4.77. The van der Waals surface area contributed by atoms with Crippen molar-refractivity contribution >= 4 is 11.9 Å². The molecule has 1 N–H and O–H groups in total. The van der Waals surface area contributed by atoms with Gasteiger partial charge in [0.25, 0.3) is 0 Å². The van der Waals surface area contributed by atoms with Gasteiger partial charge in [0, 0.05) is 1.37 Å². The maximum atomic E-state index is 11.6. The summed E-state index contributed by atoms with van der Waals surface area (Å²) in [4.78, 5) is 22.6. The number of carboxylic acid groups (broad SMARTS) is 1. The monoisotopic (exact) mass is 231 g/mol. The van der Waals surface area contributed by atoms with Gasteiger partial charge in [-0.05, 0) is 33.1 Å². The molecule has 0 aliphatic carbocycles. The van der Waals surface area contributed by atoms with E-state index in [0.717, 1.165) is 0 Å². The second-order valence-electron chi connectivity index (χ2n) is 5.27. The summed E-state index contributed by atoms with van der Waals surface area (Å²) in [6.45, 7) is 8.77. The molecule has 0 aromatic rings. The molecule has 1 atom stereocenters. The zero-order valence-electron chi connectivity index (χ0n) is 11.7. The van der Waals surface area contributed by atoms with Gasteiger partial charge in [-0.3, -0.25) is 9.59 Å². The average Bonchev–Trinajstić information content (AvgIpc) is 1.96. The fraction of sp³-hybridized carbons (Fsp3) is 0.833. The van der Waals surface area contributed by atoms with Crippen molar-refractivity contribution < 1.29 is 20.8 Å². The molecule has 0 radical (unpaired) electrons. The maximum absolute atomic E-state index is 11.6. The highest BCUT2D eigenvalue weighted by molar-refractivity contribution is 5.78. The Morgan fingerprint density at radius 2 is 1.88 bits per heavy atom. The van der Waals surface area contributed by atoms with Crippen molar-refractivity contribution in [3.05, 3.63) is 0 Å². The van der Waals surface area contributed by atoms with Crippen LogP contribution in [0.3, 0.4) is 0 Å². The zero-order chi connectivity index (χ0) is 13.9. The fourth-order valence-electron chi connectivity index (χ4n) is 1.28. The number of aliphatic carboxylic acids is 1. The maximum Gasteiger partial charge on any atom is 0.307 e. The molecule has 0 amide bonds. The lowest BCUT2D eigenvalue weighted by Crippen LogP contribution is -2.27. The van der Waals surface area contributed by atoms with E-state index in [1.807, 2.05) is 13.8 Å². The molecule has 0 saturated heterocycles. The van der Waals surface area contributed by atoms with Gasteiger partial charge >= 0.3 is 11.9 Å². The van der Waals surface area contributed by atoms with Gasteiger partial charge < -0.3 is 9.84 Å². The number of carbonyl (C=O) groups excluding carboxylic acids is 1. The normalized spacial score (nSPS) is 16.5. The average molecular weight is 231 g/mol. The minimum atomic E-state index is -1.80. The van der Waals surface area contributed by atoms with Crippen LogP contribution in [-0.4, -0.2) is 22.6 Å². The highest BCUT2D eigenvalue weighted by Gasteiger charge is 2.25.